The molecule has 0 bridgehead atoms. The average molecular weight is 321 g/mol. The fraction of sp³-hybridized carbons (Fsp3) is 0.429. The van der Waals surface area contributed by atoms with Crippen molar-refractivity contribution in [3.8, 4) is 0 Å². The van der Waals surface area contributed by atoms with E-state index in [-0.39, 0.29) is 16.9 Å². The summed E-state index contributed by atoms with van der Waals surface area (Å²) < 4.78 is 0. The van der Waals surface area contributed by atoms with Gasteiger partial charge in [0.1, 0.15) is 11.5 Å². The molecular formula is C14H17ClN6O. The molecular weight excluding hydrogens is 304 g/mol. The highest BCUT2D eigenvalue weighted by Gasteiger charge is 2.25. The van der Waals surface area contributed by atoms with E-state index in [0.29, 0.717) is 24.1 Å². The number of nitrogens with zero attached hydrogens (tertiary/aromatic N) is 3. The molecule has 0 spiro atoms. The number of carbonyl (C=O) groups is 1. The predicted molar refractivity (Wildman–Crippen MR) is 83.5 cm³/mol. The molecule has 0 aliphatic heterocycles. The van der Waals surface area contributed by atoms with Gasteiger partial charge in [0.15, 0.2) is 5.82 Å². The van der Waals surface area contributed by atoms with Crippen molar-refractivity contribution in [3.05, 3.63) is 28.8 Å². The summed E-state index contributed by atoms with van der Waals surface area (Å²) in [6.45, 7) is 2.57. The molecule has 1 aliphatic rings. The number of anilines is 2. The second-order valence-electron chi connectivity index (χ2n) is 5.27. The van der Waals surface area contributed by atoms with Crippen LogP contribution in [0.4, 0.5) is 11.6 Å². The van der Waals surface area contributed by atoms with Crippen molar-refractivity contribution in [1.29, 1.82) is 0 Å². The van der Waals surface area contributed by atoms with E-state index in [1.807, 2.05) is 13.0 Å². The number of amides is 1. The zero-order chi connectivity index (χ0) is 15.5. The van der Waals surface area contributed by atoms with Gasteiger partial charge < -0.3 is 10.6 Å². The molecule has 0 radical (unpaired) electrons. The summed E-state index contributed by atoms with van der Waals surface area (Å²) in [6, 6.07) is 3.51. The van der Waals surface area contributed by atoms with E-state index in [9.17, 15) is 4.79 Å². The van der Waals surface area contributed by atoms with Gasteiger partial charge in [0.05, 0.1) is 0 Å². The van der Waals surface area contributed by atoms with Gasteiger partial charge in [-0.05, 0) is 30.9 Å². The van der Waals surface area contributed by atoms with Gasteiger partial charge >= 0.3 is 0 Å². The molecule has 8 heteroatoms. The highest BCUT2D eigenvalue weighted by molar-refractivity contribution is 6.28. The van der Waals surface area contributed by atoms with Crippen LogP contribution in [0.3, 0.4) is 0 Å². The Kier molecular flexibility index (Phi) is 4.24. The molecule has 1 fully saturated rings. The Morgan fingerprint density at radius 2 is 2.18 bits per heavy atom. The van der Waals surface area contributed by atoms with Crippen molar-refractivity contribution in [3.63, 3.8) is 0 Å². The zero-order valence-corrected chi connectivity index (χ0v) is 12.9. The van der Waals surface area contributed by atoms with Crippen molar-refractivity contribution in [2.75, 3.05) is 11.9 Å². The van der Waals surface area contributed by atoms with Crippen LogP contribution in [0.15, 0.2) is 12.1 Å². The van der Waals surface area contributed by atoms with Crippen LogP contribution in [0.2, 0.25) is 5.28 Å². The van der Waals surface area contributed by atoms with Gasteiger partial charge in [-0.15, -0.1) is 0 Å². The molecule has 3 N–H and O–H groups in total. The number of aromatic nitrogens is 4. The van der Waals surface area contributed by atoms with Gasteiger partial charge in [-0.2, -0.15) is 5.10 Å². The molecule has 2 aromatic heterocycles. The van der Waals surface area contributed by atoms with Crippen LogP contribution in [-0.2, 0) is 0 Å². The Labute approximate surface area is 132 Å². The topological polar surface area (TPSA) is 95.6 Å². The van der Waals surface area contributed by atoms with Crippen molar-refractivity contribution < 1.29 is 4.79 Å². The Morgan fingerprint density at radius 1 is 1.36 bits per heavy atom. The average Bonchev–Trinajstić information content (AvgIpc) is 3.25. The lowest BCUT2D eigenvalue weighted by Crippen LogP contribution is -2.25. The number of halogens is 1. The monoisotopic (exact) mass is 320 g/mol. The van der Waals surface area contributed by atoms with Crippen LogP contribution in [0, 0.1) is 0 Å². The molecule has 1 aliphatic carbocycles. The van der Waals surface area contributed by atoms with Gasteiger partial charge in [-0.25, -0.2) is 9.97 Å². The second-order valence-corrected chi connectivity index (χ2v) is 5.61. The Bertz CT molecular complexity index is 682. The third-order valence-electron chi connectivity index (χ3n) is 3.34. The summed E-state index contributed by atoms with van der Waals surface area (Å²) in [7, 11) is 0. The number of aromatic amines is 1. The Hall–Kier alpha value is -2.15. The van der Waals surface area contributed by atoms with E-state index in [1.165, 1.54) is 12.8 Å². The van der Waals surface area contributed by atoms with E-state index < -0.39 is 0 Å². The molecule has 1 amide bonds. The SMILES string of the molecule is CCCNC(=O)c1cc(Nc2cc(C3CC3)[nH]n2)nc(Cl)n1. The molecule has 1 saturated carbocycles. The first-order chi connectivity index (χ1) is 10.7. The van der Waals surface area contributed by atoms with E-state index in [1.54, 1.807) is 6.07 Å². The Balaban J connectivity index is 1.74. The standard InChI is InChI=1S/C14H17ClN6O/c1-2-5-16-13(22)10-7-11(19-14(15)17-10)18-12-6-9(20-21-12)8-3-4-8/h6-8H,2-5H2,1H3,(H,16,22)(H2,17,18,19,20,21). The molecule has 0 aromatic carbocycles. The normalized spacial score (nSPS) is 13.9. The predicted octanol–water partition coefficient (Wildman–Crippen LogP) is 2.61. The molecule has 0 saturated heterocycles. The van der Waals surface area contributed by atoms with Crippen LogP contribution in [0.1, 0.15) is 48.3 Å². The largest absolute Gasteiger partial charge is 0.351 e. The number of nitrogens with one attached hydrogen (secondary N) is 3. The molecule has 3 rings (SSSR count). The Morgan fingerprint density at radius 3 is 2.91 bits per heavy atom. The highest BCUT2D eigenvalue weighted by atomic mass is 35.5. The van der Waals surface area contributed by atoms with Crippen molar-refractivity contribution in [2.45, 2.75) is 32.1 Å². The van der Waals surface area contributed by atoms with Crippen molar-refractivity contribution in [1.82, 2.24) is 25.5 Å². The molecule has 2 aromatic rings. The third-order valence-corrected chi connectivity index (χ3v) is 3.51. The summed E-state index contributed by atoms with van der Waals surface area (Å²) >= 11 is 5.89. The summed E-state index contributed by atoms with van der Waals surface area (Å²) in [6.07, 6.45) is 3.25. The summed E-state index contributed by atoms with van der Waals surface area (Å²) in [5.41, 5.74) is 1.34. The number of hydrogen-bond donors (Lipinski definition) is 3. The fourth-order valence-corrected chi connectivity index (χ4v) is 2.24. The van der Waals surface area contributed by atoms with Gasteiger partial charge in [0, 0.05) is 30.3 Å². The fourth-order valence-electron chi connectivity index (χ4n) is 2.06. The van der Waals surface area contributed by atoms with Crippen molar-refractivity contribution in [2.24, 2.45) is 0 Å². The maximum atomic E-state index is 12.0. The number of H-pyrrole nitrogens is 1. The first-order valence-corrected chi connectivity index (χ1v) is 7.68. The quantitative estimate of drug-likeness (QED) is 0.711. The van der Waals surface area contributed by atoms with Crippen LogP contribution in [0.5, 0.6) is 0 Å². The number of hydrogen-bond acceptors (Lipinski definition) is 5. The smallest absolute Gasteiger partial charge is 0.270 e. The number of rotatable bonds is 6. The van der Waals surface area contributed by atoms with Crippen LogP contribution >= 0.6 is 11.6 Å². The second kappa shape index (κ2) is 6.31. The summed E-state index contributed by atoms with van der Waals surface area (Å²) in [5.74, 6) is 1.41. The van der Waals surface area contributed by atoms with Gasteiger partial charge in [0.25, 0.3) is 5.91 Å². The number of carbonyl (C=O) groups excluding carboxylic acids is 1. The van der Waals surface area contributed by atoms with E-state index in [2.05, 4.69) is 30.8 Å². The molecule has 0 unspecified atom stereocenters. The first kappa shape index (κ1) is 14.8. The summed E-state index contributed by atoms with van der Waals surface area (Å²) in [4.78, 5) is 20.0. The molecule has 2 heterocycles. The van der Waals surface area contributed by atoms with E-state index in [0.717, 1.165) is 12.1 Å². The van der Waals surface area contributed by atoms with Gasteiger partial charge in [-0.3, -0.25) is 9.89 Å². The van der Waals surface area contributed by atoms with Crippen molar-refractivity contribution >= 4 is 29.1 Å². The minimum Gasteiger partial charge on any atom is -0.351 e. The molecule has 22 heavy (non-hydrogen) atoms. The summed E-state index contributed by atoms with van der Waals surface area (Å²) in [5, 5.41) is 13.0. The van der Waals surface area contributed by atoms with Crippen LogP contribution in [0.25, 0.3) is 0 Å². The highest BCUT2D eigenvalue weighted by Crippen LogP contribution is 2.39. The molecule has 0 atom stereocenters. The van der Waals surface area contributed by atoms with E-state index in [4.69, 9.17) is 11.6 Å². The molecule has 7 nitrogen and oxygen atoms in total. The minimum atomic E-state index is -0.269. The maximum absolute atomic E-state index is 12.0. The zero-order valence-electron chi connectivity index (χ0n) is 12.2. The minimum absolute atomic E-state index is 0.0181. The van der Waals surface area contributed by atoms with E-state index >= 15 is 0 Å². The molecule has 116 valence electrons. The van der Waals surface area contributed by atoms with Gasteiger partial charge in [-0.1, -0.05) is 6.92 Å². The third kappa shape index (κ3) is 3.54. The van der Waals surface area contributed by atoms with Gasteiger partial charge in [0.2, 0.25) is 5.28 Å². The first-order valence-electron chi connectivity index (χ1n) is 7.31. The lowest BCUT2D eigenvalue weighted by Gasteiger charge is -2.06. The van der Waals surface area contributed by atoms with Crippen LogP contribution in [-0.4, -0.2) is 32.6 Å². The maximum Gasteiger partial charge on any atom is 0.270 e. The lowest BCUT2D eigenvalue weighted by atomic mass is 10.3. The van der Waals surface area contributed by atoms with Crippen LogP contribution < -0.4 is 10.6 Å². The lowest BCUT2D eigenvalue weighted by molar-refractivity contribution is 0.0948.